The molecule has 136 valence electrons. The predicted octanol–water partition coefficient (Wildman–Crippen LogP) is 4.69. The van der Waals surface area contributed by atoms with Crippen molar-refractivity contribution in [3.8, 4) is 0 Å². The lowest BCUT2D eigenvalue weighted by atomic mass is 9.71. The van der Waals surface area contributed by atoms with Crippen molar-refractivity contribution in [1.29, 1.82) is 0 Å². The number of aliphatic hydroxyl groups excluding tert-OH is 1. The minimum absolute atomic E-state index is 0.0714. The summed E-state index contributed by atoms with van der Waals surface area (Å²) in [5, 5.41) is 9.62. The van der Waals surface area contributed by atoms with Crippen molar-refractivity contribution in [2.45, 2.75) is 50.7 Å². The summed E-state index contributed by atoms with van der Waals surface area (Å²) in [4.78, 5) is 28.7. The topological polar surface area (TPSA) is 57.6 Å². The molecule has 1 N–H and O–H groups in total. The van der Waals surface area contributed by atoms with Gasteiger partial charge in [0.15, 0.2) is 5.78 Å². The van der Waals surface area contributed by atoms with Gasteiger partial charge in [-0.05, 0) is 37.0 Å². The van der Waals surface area contributed by atoms with Crippen molar-refractivity contribution in [1.82, 2.24) is 4.90 Å². The van der Waals surface area contributed by atoms with E-state index in [2.05, 4.69) is 6.92 Å². The number of hydrogen-bond acceptors (Lipinski definition) is 5. The van der Waals surface area contributed by atoms with Crippen molar-refractivity contribution in [2.24, 2.45) is 5.41 Å². The van der Waals surface area contributed by atoms with E-state index in [9.17, 15) is 14.7 Å². The highest BCUT2D eigenvalue weighted by Crippen LogP contribution is 2.47. The molecule has 1 amide bonds. The third kappa shape index (κ3) is 3.26. The average molecular weight is 380 g/mol. The lowest BCUT2D eigenvalue weighted by molar-refractivity contribution is 0.0796. The third-order valence-electron chi connectivity index (χ3n) is 4.95. The molecule has 2 heterocycles. The van der Waals surface area contributed by atoms with Crippen LogP contribution in [0.3, 0.4) is 0 Å². The number of carbonyl (C=O) groups is 2. The molecule has 0 unspecified atom stereocenters. The van der Waals surface area contributed by atoms with Gasteiger partial charge in [0.1, 0.15) is 0 Å². The van der Waals surface area contributed by atoms with E-state index in [0.29, 0.717) is 17.6 Å². The Labute approximate surface area is 157 Å². The number of likely N-dealkylation sites (tertiary alicyclic amines) is 1. The van der Waals surface area contributed by atoms with Gasteiger partial charge >= 0.3 is 0 Å². The Hall–Kier alpha value is -1.27. The van der Waals surface area contributed by atoms with E-state index in [1.807, 2.05) is 18.7 Å². The lowest BCUT2D eigenvalue weighted by Gasteiger charge is -2.32. The molecule has 6 heteroatoms. The highest BCUT2D eigenvalue weighted by molar-refractivity contribution is 8.01. The van der Waals surface area contributed by atoms with Crippen LogP contribution in [-0.2, 0) is 6.42 Å². The van der Waals surface area contributed by atoms with Crippen molar-refractivity contribution in [2.75, 3.05) is 18.8 Å². The lowest BCUT2D eigenvalue weighted by Crippen LogP contribution is -2.33. The highest BCUT2D eigenvalue weighted by Gasteiger charge is 2.42. The van der Waals surface area contributed by atoms with Crippen LogP contribution >= 0.6 is 23.1 Å². The van der Waals surface area contributed by atoms with Crippen molar-refractivity contribution in [3.05, 3.63) is 27.8 Å². The molecule has 0 aromatic carbocycles. The molecule has 0 bridgehead atoms. The standard InChI is InChI=1S/C19H25NO3S2/c1-4-9-24-18-14-12(10-19(2,3)13(11-21)15(14)22)16(25-18)17(23)20-7-5-6-8-20/h11,21H,4-10H2,1-3H3. The summed E-state index contributed by atoms with van der Waals surface area (Å²) in [5.41, 5.74) is 1.52. The number of amides is 1. The van der Waals surface area contributed by atoms with E-state index in [1.54, 1.807) is 11.8 Å². The maximum atomic E-state index is 13.0. The van der Waals surface area contributed by atoms with E-state index in [4.69, 9.17) is 0 Å². The number of allylic oxidation sites excluding steroid dienone is 1. The molecule has 4 nitrogen and oxygen atoms in total. The van der Waals surface area contributed by atoms with E-state index in [1.165, 1.54) is 11.3 Å². The summed E-state index contributed by atoms with van der Waals surface area (Å²) in [6.45, 7) is 7.63. The van der Waals surface area contributed by atoms with E-state index < -0.39 is 5.41 Å². The summed E-state index contributed by atoms with van der Waals surface area (Å²) in [7, 11) is 0. The smallest absolute Gasteiger partial charge is 0.264 e. The number of fused-ring (bicyclic) bond motifs is 1. The van der Waals surface area contributed by atoms with Gasteiger partial charge in [0.05, 0.1) is 20.9 Å². The molecule has 0 atom stereocenters. The summed E-state index contributed by atoms with van der Waals surface area (Å²) in [6, 6.07) is 0. The Morgan fingerprint density at radius 1 is 1.36 bits per heavy atom. The second-order valence-corrected chi connectivity index (χ2v) is 9.74. The van der Waals surface area contributed by atoms with Gasteiger partial charge in [-0.2, -0.15) is 0 Å². The summed E-state index contributed by atoms with van der Waals surface area (Å²) in [6.07, 6.45) is 4.68. The van der Waals surface area contributed by atoms with Gasteiger partial charge in [-0.3, -0.25) is 9.59 Å². The maximum Gasteiger partial charge on any atom is 0.264 e. The first kappa shape index (κ1) is 18.5. The van der Waals surface area contributed by atoms with E-state index in [0.717, 1.165) is 59.0 Å². The van der Waals surface area contributed by atoms with Crippen LogP contribution in [0, 0.1) is 5.41 Å². The summed E-state index contributed by atoms with van der Waals surface area (Å²) < 4.78 is 0.930. The van der Waals surface area contributed by atoms with Crippen LogP contribution in [0.25, 0.3) is 0 Å². The minimum Gasteiger partial charge on any atom is -0.515 e. The number of rotatable bonds is 4. The Bertz CT molecular complexity index is 727. The van der Waals surface area contributed by atoms with Crippen LogP contribution < -0.4 is 0 Å². The number of hydrogen-bond donors (Lipinski definition) is 1. The molecular weight excluding hydrogens is 354 g/mol. The number of ketones is 1. The van der Waals surface area contributed by atoms with Crippen LogP contribution in [0.15, 0.2) is 16.0 Å². The van der Waals surface area contributed by atoms with Gasteiger partial charge < -0.3 is 10.0 Å². The van der Waals surface area contributed by atoms with E-state index >= 15 is 0 Å². The zero-order valence-corrected chi connectivity index (χ0v) is 16.7. The van der Waals surface area contributed by atoms with Gasteiger partial charge in [0.25, 0.3) is 5.91 Å². The molecular formula is C19H25NO3S2. The van der Waals surface area contributed by atoms with Crippen molar-refractivity contribution in [3.63, 3.8) is 0 Å². The Morgan fingerprint density at radius 2 is 2.04 bits per heavy atom. The first-order valence-electron chi connectivity index (χ1n) is 8.88. The molecule has 1 fully saturated rings. The number of Topliss-reactive ketones (excluding diaryl/α,β-unsaturated/α-hetero) is 1. The summed E-state index contributed by atoms with van der Waals surface area (Å²) >= 11 is 3.12. The maximum absolute atomic E-state index is 13.0. The van der Waals surface area contributed by atoms with Crippen LogP contribution in [0.2, 0.25) is 0 Å². The first-order chi connectivity index (χ1) is 11.9. The van der Waals surface area contributed by atoms with Gasteiger partial charge in [0.2, 0.25) is 0 Å². The second-order valence-electron chi connectivity index (χ2n) is 7.35. The van der Waals surface area contributed by atoms with Gasteiger partial charge in [-0.25, -0.2) is 0 Å². The monoisotopic (exact) mass is 379 g/mol. The quantitative estimate of drug-likeness (QED) is 0.468. The number of thiophene rings is 1. The molecule has 1 aliphatic carbocycles. The van der Waals surface area contributed by atoms with E-state index in [-0.39, 0.29) is 11.7 Å². The molecule has 1 aromatic heterocycles. The van der Waals surface area contributed by atoms with Crippen molar-refractivity contribution < 1.29 is 14.7 Å². The minimum atomic E-state index is -0.466. The normalized spacial score (nSPS) is 21.0. The highest BCUT2D eigenvalue weighted by atomic mass is 32.2. The Morgan fingerprint density at radius 3 is 2.64 bits per heavy atom. The fourth-order valence-electron chi connectivity index (χ4n) is 3.59. The van der Waals surface area contributed by atoms with Crippen LogP contribution in [0.5, 0.6) is 0 Å². The average Bonchev–Trinajstić information content (AvgIpc) is 3.19. The number of aliphatic hydroxyl groups is 1. The molecule has 1 aromatic rings. The van der Waals surface area contributed by atoms with Crippen LogP contribution in [0.4, 0.5) is 0 Å². The van der Waals surface area contributed by atoms with Crippen LogP contribution in [0.1, 0.15) is 65.6 Å². The fraction of sp³-hybridized carbons (Fsp3) is 0.579. The number of thioether (sulfide) groups is 1. The molecule has 1 aliphatic heterocycles. The van der Waals surface area contributed by atoms with Crippen molar-refractivity contribution >= 4 is 34.8 Å². The second kappa shape index (κ2) is 7.16. The van der Waals surface area contributed by atoms with Gasteiger partial charge in [0, 0.05) is 24.1 Å². The zero-order valence-electron chi connectivity index (χ0n) is 15.1. The molecule has 2 aliphatic rings. The molecule has 25 heavy (non-hydrogen) atoms. The Balaban J connectivity index is 2.09. The zero-order chi connectivity index (χ0) is 18.2. The molecule has 0 radical (unpaired) electrons. The molecule has 0 saturated carbocycles. The Kier molecular flexibility index (Phi) is 5.30. The summed E-state index contributed by atoms with van der Waals surface area (Å²) in [5.74, 6) is 0.866. The SMILES string of the molecule is CCCSc1sc(C(=O)N2CCCC2)c2c1C(=O)C(=CO)C(C)(C)C2. The first-order valence-corrected chi connectivity index (χ1v) is 10.7. The molecule has 0 spiro atoms. The predicted molar refractivity (Wildman–Crippen MR) is 103 cm³/mol. The fourth-order valence-corrected chi connectivity index (χ4v) is 6.09. The van der Waals surface area contributed by atoms with Gasteiger partial charge in [-0.1, -0.05) is 20.8 Å². The third-order valence-corrected chi connectivity index (χ3v) is 7.65. The van der Waals surface area contributed by atoms with Crippen LogP contribution in [-0.4, -0.2) is 40.5 Å². The molecule has 3 rings (SSSR count). The number of carbonyl (C=O) groups excluding carboxylic acids is 2. The number of nitrogens with zero attached hydrogens (tertiary/aromatic N) is 1. The van der Waals surface area contributed by atoms with Gasteiger partial charge in [-0.15, -0.1) is 23.1 Å². The largest absolute Gasteiger partial charge is 0.515 e. The molecule has 1 saturated heterocycles.